The number of rotatable bonds is 4. The minimum Gasteiger partial charge on any atom is -0.381 e. The first-order valence-corrected chi connectivity index (χ1v) is 10.2. The zero-order valence-corrected chi connectivity index (χ0v) is 17.0. The van der Waals surface area contributed by atoms with Gasteiger partial charge in [0.25, 0.3) is 5.91 Å². The van der Waals surface area contributed by atoms with E-state index in [9.17, 15) is 4.79 Å². The highest BCUT2D eigenvalue weighted by Gasteiger charge is 2.38. The Morgan fingerprint density at radius 1 is 1.29 bits per heavy atom. The van der Waals surface area contributed by atoms with Gasteiger partial charge in [-0.15, -0.1) is 0 Å². The molecule has 1 amide bonds. The third-order valence-corrected chi connectivity index (χ3v) is 6.31. The molecule has 6 heteroatoms. The molecule has 0 radical (unpaired) electrons. The summed E-state index contributed by atoms with van der Waals surface area (Å²) in [6, 6.07) is 10.6. The lowest BCUT2D eigenvalue weighted by Crippen LogP contribution is -2.51. The second kappa shape index (κ2) is 7.24. The molecule has 2 aliphatic rings. The van der Waals surface area contributed by atoms with E-state index in [-0.39, 0.29) is 23.0 Å². The van der Waals surface area contributed by atoms with Gasteiger partial charge in [0.15, 0.2) is 0 Å². The van der Waals surface area contributed by atoms with E-state index in [1.54, 1.807) is 6.20 Å². The lowest BCUT2D eigenvalue weighted by molar-refractivity contribution is 0.0345. The predicted octanol–water partition coefficient (Wildman–Crippen LogP) is 3.86. The molecule has 6 nitrogen and oxygen atoms in total. The molecule has 2 aromatic rings. The molecular weight excluding hydrogens is 352 g/mol. The monoisotopic (exact) mass is 382 g/mol. The van der Waals surface area contributed by atoms with Crippen LogP contribution < -0.4 is 10.6 Å². The fourth-order valence-corrected chi connectivity index (χ4v) is 4.44. The second-order valence-corrected chi connectivity index (χ2v) is 8.64. The van der Waals surface area contributed by atoms with E-state index in [1.165, 1.54) is 5.56 Å². The summed E-state index contributed by atoms with van der Waals surface area (Å²) in [4.78, 5) is 13.2. The van der Waals surface area contributed by atoms with E-state index in [1.807, 2.05) is 10.7 Å². The van der Waals surface area contributed by atoms with Gasteiger partial charge in [-0.3, -0.25) is 4.79 Å². The van der Waals surface area contributed by atoms with Gasteiger partial charge in [-0.2, -0.15) is 5.10 Å². The van der Waals surface area contributed by atoms with Gasteiger partial charge in [0.1, 0.15) is 11.4 Å². The molecule has 1 fully saturated rings. The highest BCUT2D eigenvalue weighted by atomic mass is 16.5. The van der Waals surface area contributed by atoms with Gasteiger partial charge < -0.3 is 15.4 Å². The highest BCUT2D eigenvalue weighted by Crippen LogP contribution is 2.40. The molecule has 1 aromatic heterocycles. The first-order chi connectivity index (χ1) is 13.4. The number of carbonyl (C=O) groups excluding carboxylic acids is 1. The van der Waals surface area contributed by atoms with Crippen molar-refractivity contribution in [1.29, 1.82) is 0 Å². The number of aromatic nitrogens is 2. The van der Waals surface area contributed by atoms with Crippen molar-refractivity contribution in [3.63, 3.8) is 0 Å². The molecule has 4 rings (SSSR count). The number of amides is 1. The number of anilines is 1. The van der Waals surface area contributed by atoms with E-state index >= 15 is 0 Å². The quantitative estimate of drug-likeness (QED) is 0.842. The summed E-state index contributed by atoms with van der Waals surface area (Å²) >= 11 is 0. The molecule has 0 aliphatic carbocycles. The number of ether oxygens (including phenoxy) is 1. The van der Waals surface area contributed by atoms with Crippen LogP contribution in [-0.4, -0.2) is 34.4 Å². The van der Waals surface area contributed by atoms with Crippen LogP contribution in [0.25, 0.3) is 0 Å². The van der Waals surface area contributed by atoms with Crippen molar-refractivity contribution in [3.8, 4) is 0 Å². The Kier molecular flexibility index (Phi) is 4.91. The topological polar surface area (TPSA) is 68.2 Å². The molecule has 0 saturated carbocycles. The maximum absolute atomic E-state index is 13.2. The van der Waals surface area contributed by atoms with Crippen molar-refractivity contribution in [1.82, 2.24) is 15.1 Å². The first kappa shape index (κ1) is 19.0. The normalized spacial score (nSPS) is 22.8. The van der Waals surface area contributed by atoms with Crippen LogP contribution in [0.2, 0.25) is 0 Å². The van der Waals surface area contributed by atoms with Crippen LogP contribution in [0.15, 0.2) is 36.5 Å². The largest absolute Gasteiger partial charge is 0.381 e. The summed E-state index contributed by atoms with van der Waals surface area (Å²) in [6.07, 6.45) is 5.21. The van der Waals surface area contributed by atoms with E-state index in [0.717, 1.165) is 31.5 Å². The van der Waals surface area contributed by atoms with Crippen molar-refractivity contribution in [2.45, 2.75) is 63.6 Å². The zero-order chi connectivity index (χ0) is 19.8. The number of nitrogens with zero attached hydrogens (tertiary/aromatic N) is 2. The fraction of sp³-hybridized carbons (Fsp3) is 0.545. The summed E-state index contributed by atoms with van der Waals surface area (Å²) < 4.78 is 7.46. The summed E-state index contributed by atoms with van der Waals surface area (Å²) in [7, 11) is 0. The Hall–Kier alpha value is -2.34. The number of nitrogens with one attached hydrogen (secondary N) is 2. The molecule has 1 saturated heterocycles. The first-order valence-electron chi connectivity index (χ1n) is 10.2. The Labute approximate surface area is 166 Å². The van der Waals surface area contributed by atoms with Gasteiger partial charge in [0.2, 0.25) is 0 Å². The van der Waals surface area contributed by atoms with Crippen LogP contribution in [-0.2, 0) is 10.3 Å². The predicted molar refractivity (Wildman–Crippen MR) is 110 cm³/mol. The summed E-state index contributed by atoms with van der Waals surface area (Å²) in [5, 5.41) is 11.5. The van der Waals surface area contributed by atoms with Gasteiger partial charge in [0.05, 0.1) is 17.8 Å². The fourth-order valence-electron chi connectivity index (χ4n) is 4.44. The molecule has 150 valence electrons. The molecule has 3 heterocycles. The molecule has 0 spiro atoms. The third kappa shape index (κ3) is 3.41. The second-order valence-electron chi connectivity index (χ2n) is 8.64. The van der Waals surface area contributed by atoms with Gasteiger partial charge in [-0.25, -0.2) is 4.68 Å². The number of hydrogen-bond donors (Lipinski definition) is 2. The molecule has 2 aliphatic heterocycles. The summed E-state index contributed by atoms with van der Waals surface area (Å²) in [6.45, 7) is 7.87. The Morgan fingerprint density at radius 2 is 2.00 bits per heavy atom. The molecule has 28 heavy (non-hydrogen) atoms. The van der Waals surface area contributed by atoms with Crippen molar-refractivity contribution >= 4 is 11.7 Å². The van der Waals surface area contributed by atoms with Gasteiger partial charge in [-0.05, 0) is 45.1 Å². The van der Waals surface area contributed by atoms with Crippen LogP contribution in [0.4, 0.5) is 5.82 Å². The minimum atomic E-state index is -0.187. The minimum absolute atomic E-state index is 0.0537. The highest BCUT2D eigenvalue weighted by molar-refractivity contribution is 5.99. The van der Waals surface area contributed by atoms with E-state index in [2.05, 4.69) is 60.8 Å². The van der Waals surface area contributed by atoms with Crippen molar-refractivity contribution in [3.05, 3.63) is 47.7 Å². The van der Waals surface area contributed by atoms with Crippen molar-refractivity contribution in [2.24, 2.45) is 0 Å². The molecule has 0 bridgehead atoms. The number of benzene rings is 1. The molecular formula is C22H30N4O2. The van der Waals surface area contributed by atoms with E-state index < -0.39 is 0 Å². The van der Waals surface area contributed by atoms with Gasteiger partial charge in [0, 0.05) is 18.8 Å². The Bertz CT molecular complexity index is 837. The maximum Gasteiger partial charge on any atom is 0.257 e. The summed E-state index contributed by atoms with van der Waals surface area (Å²) in [5.41, 5.74) is 1.48. The number of hydrogen-bond acceptors (Lipinski definition) is 4. The zero-order valence-electron chi connectivity index (χ0n) is 17.0. The van der Waals surface area contributed by atoms with Crippen LogP contribution in [0.5, 0.6) is 0 Å². The van der Waals surface area contributed by atoms with Crippen LogP contribution >= 0.6 is 0 Å². The van der Waals surface area contributed by atoms with Crippen LogP contribution in [0.1, 0.15) is 68.4 Å². The average Bonchev–Trinajstić information content (AvgIpc) is 3.14. The lowest BCUT2D eigenvalue weighted by atomic mass is 9.87. The standard InChI is InChI=1S/C22H30N4O2/c1-4-22(10-12-28-13-11-22)25-20(27)17-15-23-26-19(17)24-18(14-21(26,2)3)16-8-6-5-7-9-16/h5-9,15,18,24H,4,10-14H2,1-3H3,(H,25,27). The average molecular weight is 383 g/mol. The van der Waals surface area contributed by atoms with Crippen molar-refractivity contribution < 1.29 is 9.53 Å². The smallest absolute Gasteiger partial charge is 0.257 e. The van der Waals surface area contributed by atoms with Crippen LogP contribution in [0, 0.1) is 0 Å². The molecule has 2 N–H and O–H groups in total. The lowest BCUT2D eigenvalue weighted by Gasteiger charge is -2.39. The molecule has 1 aromatic carbocycles. The van der Waals surface area contributed by atoms with Crippen LogP contribution in [0.3, 0.4) is 0 Å². The van der Waals surface area contributed by atoms with E-state index in [0.29, 0.717) is 18.8 Å². The van der Waals surface area contributed by atoms with Gasteiger partial charge in [-0.1, -0.05) is 37.3 Å². The Morgan fingerprint density at radius 3 is 2.68 bits per heavy atom. The van der Waals surface area contributed by atoms with Gasteiger partial charge >= 0.3 is 0 Å². The molecule has 1 atom stereocenters. The Balaban J connectivity index is 1.63. The number of fused-ring (bicyclic) bond motifs is 1. The van der Waals surface area contributed by atoms with E-state index in [4.69, 9.17) is 4.74 Å². The maximum atomic E-state index is 13.2. The number of carbonyl (C=O) groups is 1. The SMILES string of the molecule is CCC1(NC(=O)c2cnn3c2NC(c2ccccc2)CC3(C)C)CCOCC1. The van der Waals surface area contributed by atoms with Crippen molar-refractivity contribution in [2.75, 3.05) is 18.5 Å². The summed E-state index contributed by atoms with van der Waals surface area (Å²) in [5.74, 6) is 0.753. The molecule has 1 unspecified atom stereocenters. The third-order valence-electron chi connectivity index (χ3n) is 6.31.